The summed E-state index contributed by atoms with van der Waals surface area (Å²) in [5.74, 6) is 0.265. The maximum atomic E-state index is 11.4. The van der Waals surface area contributed by atoms with E-state index in [2.05, 4.69) is 62.8 Å². The van der Waals surface area contributed by atoms with Crippen LogP contribution in [0.5, 0.6) is 0 Å². The number of hydroxylamine groups is 1. The largest absolute Gasteiger partial charge is 0.381 e. The number of fused-ring (bicyclic) bond motifs is 1. The number of amides is 1. The molecule has 0 saturated carbocycles. The molecule has 0 aliphatic heterocycles. The Morgan fingerprint density at radius 2 is 1.72 bits per heavy atom. The van der Waals surface area contributed by atoms with Crippen LogP contribution >= 0.6 is 0 Å². The Bertz CT molecular complexity index is 1460. The highest BCUT2D eigenvalue weighted by Crippen LogP contribution is 2.29. The first kappa shape index (κ1) is 23.1. The van der Waals surface area contributed by atoms with Crippen molar-refractivity contribution in [2.24, 2.45) is 0 Å². The quantitative estimate of drug-likeness (QED) is 0.148. The molecule has 0 aliphatic carbocycles. The number of anilines is 2. The molecular formula is C28H26N6O2. The van der Waals surface area contributed by atoms with E-state index in [1.807, 2.05) is 42.5 Å². The van der Waals surface area contributed by atoms with Gasteiger partial charge < -0.3 is 15.6 Å². The Balaban J connectivity index is 1.28. The lowest BCUT2D eigenvalue weighted by molar-refractivity contribution is 0.0706. The summed E-state index contributed by atoms with van der Waals surface area (Å²) < 4.78 is 0. The molecule has 5 rings (SSSR count). The van der Waals surface area contributed by atoms with Crippen LogP contribution in [0.15, 0.2) is 91.3 Å². The van der Waals surface area contributed by atoms with E-state index in [0.29, 0.717) is 12.1 Å². The first-order valence-electron chi connectivity index (χ1n) is 11.6. The van der Waals surface area contributed by atoms with E-state index in [0.717, 1.165) is 39.4 Å². The molecule has 0 saturated heterocycles. The average Bonchev–Trinajstić information content (AvgIpc) is 3.38. The molecule has 2 heterocycles. The van der Waals surface area contributed by atoms with E-state index >= 15 is 0 Å². The zero-order valence-corrected chi connectivity index (χ0v) is 19.7. The van der Waals surface area contributed by atoms with Crippen molar-refractivity contribution in [3.8, 4) is 11.3 Å². The molecule has 8 nitrogen and oxygen atoms in total. The predicted octanol–water partition coefficient (Wildman–Crippen LogP) is 5.53. The van der Waals surface area contributed by atoms with Crippen molar-refractivity contribution in [1.29, 1.82) is 0 Å². The maximum Gasteiger partial charge on any atom is 0.274 e. The third-order valence-corrected chi connectivity index (χ3v) is 6.09. The molecule has 0 fully saturated rings. The number of benzene rings is 3. The van der Waals surface area contributed by atoms with Crippen LogP contribution in [0.4, 0.5) is 11.5 Å². The van der Waals surface area contributed by atoms with E-state index in [9.17, 15) is 4.79 Å². The summed E-state index contributed by atoms with van der Waals surface area (Å²) >= 11 is 0. The van der Waals surface area contributed by atoms with Gasteiger partial charge in [-0.1, -0.05) is 54.6 Å². The zero-order valence-electron chi connectivity index (χ0n) is 19.7. The Morgan fingerprint density at radius 1 is 0.972 bits per heavy atom. The van der Waals surface area contributed by atoms with Gasteiger partial charge in [-0.15, -0.1) is 0 Å². The maximum absolute atomic E-state index is 11.4. The van der Waals surface area contributed by atoms with Crippen molar-refractivity contribution >= 4 is 28.4 Å². The normalized spacial score (nSPS) is 11.7. The third-order valence-electron chi connectivity index (χ3n) is 6.09. The summed E-state index contributed by atoms with van der Waals surface area (Å²) in [5, 5.41) is 16.6. The van der Waals surface area contributed by atoms with E-state index in [1.54, 1.807) is 23.9 Å². The van der Waals surface area contributed by atoms with Gasteiger partial charge in [0.2, 0.25) is 0 Å². The Hall–Kier alpha value is -4.69. The van der Waals surface area contributed by atoms with Gasteiger partial charge in [-0.3, -0.25) is 10.0 Å². The predicted molar refractivity (Wildman–Crippen MR) is 141 cm³/mol. The standard InChI is InChI=1S/C28H26N6O2/c1-18(20-5-3-2-4-6-20)32-26-24-15-25(33-27(24)31-17-30-26)21-11-13-23(14-12-21)29-16-19-7-9-22(10-8-19)28(35)34-36/h2-15,17-18,29,36H,16H2,1H3,(H,34,35)(H2,30,31,32,33)/t18-/m1/s1. The summed E-state index contributed by atoms with van der Waals surface area (Å²) in [6, 6.07) is 27.6. The molecule has 0 aliphatic rings. The number of H-pyrrole nitrogens is 1. The van der Waals surface area contributed by atoms with Crippen LogP contribution < -0.4 is 16.1 Å². The summed E-state index contributed by atoms with van der Waals surface area (Å²) in [4.78, 5) is 23.7. The number of carbonyl (C=O) groups is 1. The second-order valence-corrected chi connectivity index (χ2v) is 8.51. The van der Waals surface area contributed by atoms with Crippen LogP contribution in [0.25, 0.3) is 22.3 Å². The number of aromatic amines is 1. The minimum Gasteiger partial charge on any atom is -0.381 e. The number of nitrogens with one attached hydrogen (secondary N) is 4. The molecule has 0 unspecified atom stereocenters. The third kappa shape index (κ3) is 5.03. The van der Waals surface area contributed by atoms with E-state index in [-0.39, 0.29) is 6.04 Å². The Labute approximate surface area is 208 Å². The van der Waals surface area contributed by atoms with Crippen molar-refractivity contribution in [3.05, 3.63) is 108 Å². The van der Waals surface area contributed by atoms with Crippen LogP contribution in [-0.2, 0) is 6.54 Å². The van der Waals surface area contributed by atoms with Gasteiger partial charge in [0.15, 0.2) is 0 Å². The molecule has 8 heteroatoms. The highest BCUT2D eigenvalue weighted by Gasteiger charge is 2.12. The number of rotatable bonds is 8. The summed E-state index contributed by atoms with van der Waals surface area (Å²) in [7, 11) is 0. The van der Waals surface area contributed by atoms with Crippen molar-refractivity contribution in [2.45, 2.75) is 19.5 Å². The van der Waals surface area contributed by atoms with Gasteiger partial charge in [-0.2, -0.15) is 0 Å². The van der Waals surface area contributed by atoms with Crippen LogP contribution in [0.2, 0.25) is 0 Å². The smallest absolute Gasteiger partial charge is 0.274 e. The monoisotopic (exact) mass is 478 g/mol. The summed E-state index contributed by atoms with van der Waals surface area (Å²) in [6.07, 6.45) is 1.57. The summed E-state index contributed by atoms with van der Waals surface area (Å²) in [6.45, 7) is 2.72. The molecule has 1 atom stereocenters. The molecular weight excluding hydrogens is 452 g/mol. The lowest BCUT2D eigenvalue weighted by Crippen LogP contribution is -2.18. The number of hydrogen-bond donors (Lipinski definition) is 5. The minimum absolute atomic E-state index is 0.107. The fourth-order valence-electron chi connectivity index (χ4n) is 4.05. The minimum atomic E-state index is -0.526. The molecule has 0 bridgehead atoms. The molecule has 36 heavy (non-hydrogen) atoms. The topological polar surface area (TPSA) is 115 Å². The van der Waals surface area contributed by atoms with E-state index in [4.69, 9.17) is 5.21 Å². The molecule has 180 valence electrons. The highest BCUT2D eigenvalue weighted by atomic mass is 16.5. The van der Waals surface area contributed by atoms with Gasteiger partial charge >= 0.3 is 0 Å². The van der Waals surface area contributed by atoms with Gasteiger partial charge in [0.05, 0.1) is 5.39 Å². The lowest BCUT2D eigenvalue weighted by atomic mass is 10.1. The van der Waals surface area contributed by atoms with E-state index < -0.39 is 5.91 Å². The second-order valence-electron chi connectivity index (χ2n) is 8.51. The van der Waals surface area contributed by atoms with Crippen LogP contribution in [0.3, 0.4) is 0 Å². The van der Waals surface area contributed by atoms with E-state index in [1.165, 1.54) is 5.56 Å². The average molecular weight is 479 g/mol. The van der Waals surface area contributed by atoms with Crippen LogP contribution in [0, 0.1) is 0 Å². The fourth-order valence-corrected chi connectivity index (χ4v) is 4.05. The first-order valence-corrected chi connectivity index (χ1v) is 11.6. The van der Waals surface area contributed by atoms with Crippen molar-refractivity contribution < 1.29 is 10.0 Å². The Kier molecular flexibility index (Phi) is 6.59. The highest BCUT2D eigenvalue weighted by molar-refractivity contribution is 5.93. The van der Waals surface area contributed by atoms with Gasteiger partial charge in [0, 0.05) is 29.5 Å². The molecule has 3 aromatic carbocycles. The Morgan fingerprint density at radius 3 is 2.44 bits per heavy atom. The molecule has 2 aromatic heterocycles. The van der Waals surface area contributed by atoms with Gasteiger partial charge in [-0.25, -0.2) is 15.4 Å². The van der Waals surface area contributed by atoms with Crippen molar-refractivity contribution in [1.82, 2.24) is 20.4 Å². The molecule has 0 radical (unpaired) electrons. The number of aromatic nitrogens is 3. The fraction of sp³-hybridized carbons (Fsp3) is 0.107. The molecule has 1 amide bonds. The van der Waals surface area contributed by atoms with Crippen LogP contribution in [-0.4, -0.2) is 26.1 Å². The lowest BCUT2D eigenvalue weighted by Gasteiger charge is -2.15. The van der Waals surface area contributed by atoms with Crippen molar-refractivity contribution in [3.63, 3.8) is 0 Å². The van der Waals surface area contributed by atoms with Crippen LogP contribution in [0.1, 0.15) is 34.5 Å². The number of nitrogens with zero attached hydrogens (tertiary/aromatic N) is 2. The summed E-state index contributed by atoms with van der Waals surface area (Å²) in [5.41, 5.74) is 8.01. The number of carbonyl (C=O) groups excluding carboxylic acids is 1. The van der Waals surface area contributed by atoms with Gasteiger partial charge in [-0.05, 0) is 53.9 Å². The first-order chi connectivity index (χ1) is 17.6. The molecule has 5 aromatic rings. The second kappa shape index (κ2) is 10.3. The SMILES string of the molecule is C[C@@H](Nc1ncnc2[nH]c(-c3ccc(NCc4ccc(C(=O)NO)cc4)cc3)cc12)c1ccccc1. The zero-order chi connectivity index (χ0) is 24.9. The van der Waals surface area contributed by atoms with Gasteiger partial charge in [0.25, 0.3) is 5.91 Å². The van der Waals surface area contributed by atoms with Gasteiger partial charge in [0.1, 0.15) is 17.8 Å². The molecule has 5 N–H and O–H groups in total. The number of hydrogen-bond acceptors (Lipinski definition) is 6. The van der Waals surface area contributed by atoms with Crippen molar-refractivity contribution in [2.75, 3.05) is 10.6 Å². The molecule has 0 spiro atoms.